The van der Waals surface area contributed by atoms with Crippen molar-refractivity contribution >= 4 is 25.0 Å². The van der Waals surface area contributed by atoms with Crippen LogP contribution in [0.4, 0.5) is 0 Å². The Balaban J connectivity index is 2.03. The summed E-state index contributed by atoms with van der Waals surface area (Å²) in [6.45, 7) is 8.04. The SMILES string of the molecule is C[Si](C)(C)CCOCn1ncc2cc(C(N)=O)cnc21. The molecule has 0 spiro atoms. The van der Waals surface area contributed by atoms with Gasteiger partial charge in [0.15, 0.2) is 5.65 Å². The predicted molar refractivity (Wildman–Crippen MR) is 80.2 cm³/mol. The van der Waals surface area contributed by atoms with Crippen molar-refractivity contribution in [3.8, 4) is 0 Å². The van der Waals surface area contributed by atoms with Crippen molar-refractivity contribution in [1.29, 1.82) is 0 Å². The van der Waals surface area contributed by atoms with Crippen LogP contribution in [0.3, 0.4) is 0 Å². The number of rotatable bonds is 6. The number of carbonyl (C=O) groups excluding carboxylic acids is 1. The minimum absolute atomic E-state index is 0.372. The summed E-state index contributed by atoms with van der Waals surface area (Å²) in [4.78, 5) is 15.3. The summed E-state index contributed by atoms with van der Waals surface area (Å²) in [5.74, 6) is -0.487. The first-order chi connectivity index (χ1) is 9.37. The number of ether oxygens (including phenoxy) is 1. The quantitative estimate of drug-likeness (QED) is 0.650. The number of carbonyl (C=O) groups is 1. The van der Waals surface area contributed by atoms with Crippen molar-refractivity contribution in [2.24, 2.45) is 5.73 Å². The summed E-state index contributed by atoms with van der Waals surface area (Å²) in [5, 5.41) is 5.01. The number of hydrogen-bond donors (Lipinski definition) is 1. The van der Waals surface area contributed by atoms with Gasteiger partial charge in [-0.2, -0.15) is 5.10 Å². The van der Waals surface area contributed by atoms with Crippen LogP contribution in [0.25, 0.3) is 11.0 Å². The Labute approximate surface area is 118 Å². The first-order valence-corrected chi connectivity index (χ1v) is 10.3. The fourth-order valence-corrected chi connectivity index (χ4v) is 2.49. The summed E-state index contributed by atoms with van der Waals surface area (Å²) < 4.78 is 7.33. The van der Waals surface area contributed by atoms with Crippen molar-refractivity contribution < 1.29 is 9.53 Å². The van der Waals surface area contributed by atoms with Gasteiger partial charge in [-0.25, -0.2) is 9.67 Å². The lowest BCUT2D eigenvalue weighted by Gasteiger charge is -2.15. The summed E-state index contributed by atoms with van der Waals surface area (Å²) in [6.07, 6.45) is 3.13. The van der Waals surface area contributed by atoms with Gasteiger partial charge in [0.25, 0.3) is 0 Å². The van der Waals surface area contributed by atoms with E-state index in [4.69, 9.17) is 10.5 Å². The molecule has 2 heterocycles. The molecule has 0 aromatic carbocycles. The second-order valence-corrected chi connectivity index (χ2v) is 11.6. The molecule has 0 radical (unpaired) electrons. The summed E-state index contributed by atoms with van der Waals surface area (Å²) in [5.41, 5.74) is 6.31. The molecule has 0 aliphatic rings. The molecule has 6 nitrogen and oxygen atoms in total. The number of nitrogens with two attached hydrogens (primary N) is 1. The second-order valence-electron chi connectivity index (χ2n) is 5.99. The van der Waals surface area contributed by atoms with Gasteiger partial charge in [0.05, 0.1) is 11.8 Å². The first-order valence-electron chi connectivity index (χ1n) is 6.56. The van der Waals surface area contributed by atoms with Crippen LogP contribution in [0.15, 0.2) is 18.5 Å². The lowest BCUT2D eigenvalue weighted by molar-refractivity contribution is 0.0813. The number of nitrogens with zero attached hydrogens (tertiary/aromatic N) is 3. The Kier molecular flexibility index (Phi) is 4.19. The molecule has 0 atom stereocenters. The van der Waals surface area contributed by atoms with Crippen LogP contribution in [0, 0.1) is 0 Å². The van der Waals surface area contributed by atoms with Gasteiger partial charge in [0.1, 0.15) is 6.73 Å². The third-order valence-corrected chi connectivity index (χ3v) is 4.67. The molecule has 2 aromatic heterocycles. The van der Waals surface area contributed by atoms with Gasteiger partial charge < -0.3 is 10.5 Å². The van der Waals surface area contributed by atoms with E-state index >= 15 is 0 Å². The number of aromatic nitrogens is 3. The van der Waals surface area contributed by atoms with E-state index in [9.17, 15) is 4.79 Å². The van der Waals surface area contributed by atoms with Gasteiger partial charge in [-0.1, -0.05) is 19.6 Å². The zero-order valence-electron chi connectivity index (χ0n) is 12.1. The Morgan fingerprint density at radius 3 is 2.80 bits per heavy atom. The fraction of sp³-hybridized carbons (Fsp3) is 0.462. The van der Waals surface area contributed by atoms with Crippen molar-refractivity contribution in [3.05, 3.63) is 24.0 Å². The Bertz CT molecular complexity index is 618. The van der Waals surface area contributed by atoms with Crippen LogP contribution in [0.1, 0.15) is 10.4 Å². The van der Waals surface area contributed by atoms with Crippen LogP contribution in [-0.2, 0) is 11.5 Å². The third-order valence-electron chi connectivity index (χ3n) is 2.97. The standard InChI is InChI=1S/C13H20N4O2Si/c1-20(2,3)5-4-19-9-17-13-11(8-16-17)6-10(7-15-13)12(14)18/h6-8H,4-5,9H2,1-3H3,(H2,14,18). The molecule has 0 aliphatic carbocycles. The van der Waals surface area contributed by atoms with Gasteiger partial charge in [-0.3, -0.25) is 4.79 Å². The van der Waals surface area contributed by atoms with Gasteiger partial charge in [0, 0.05) is 26.3 Å². The Morgan fingerprint density at radius 2 is 2.15 bits per heavy atom. The molecule has 0 bridgehead atoms. The molecule has 0 aliphatic heterocycles. The molecule has 7 heteroatoms. The highest BCUT2D eigenvalue weighted by Gasteiger charge is 2.12. The summed E-state index contributed by atoms with van der Waals surface area (Å²) in [6, 6.07) is 2.81. The van der Waals surface area contributed by atoms with Crippen molar-refractivity contribution in [2.45, 2.75) is 32.4 Å². The van der Waals surface area contributed by atoms with Crippen molar-refractivity contribution in [3.63, 3.8) is 0 Å². The molecule has 2 N–H and O–H groups in total. The summed E-state index contributed by atoms with van der Waals surface area (Å²) >= 11 is 0. The first kappa shape index (κ1) is 14.7. The monoisotopic (exact) mass is 292 g/mol. The second kappa shape index (κ2) is 5.72. The van der Waals surface area contributed by atoms with E-state index in [1.807, 2.05) is 0 Å². The number of pyridine rings is 1. The Morgan fingerprint density at radius 1 is 1.40 bits per heavy atom. The maximum Gasteiger partial charge on any atom is 0.250 e. The van der Waals surface area contributed by atoms with Gasteiger partial charge in [0.2, 0.25) is 5.91 Å². The van der Waals surface area contributed by atoms with Gasteiger partial charge >= 0.3 is 0 Å². The zero-order chi connectivity index (χ0) is 14.8. The number of fused-ring (bicyclic) bond motifs is 1. The molecular weight excluding hydrogens is 272 g/mol. The van der Waals surface area contributed by atoms with Crippen LogP contribution in [-0.4, -0.2) is 35.4 Å². The lowest BCUT2D eigenvalue weighted by atomic mass is 10.2. The topological polar surface area (TPSA) is 83.0 Å². The van der Waals surface area contributed by atoms with Crippen LogP contribution in [0.2, 0.25) is 25.7 Å². The Hall–Kier alpha value is -1.73. The highest BCUT2D eigenvalue weighted by Crippen LogP contribution is 2.13. The number of primary amides is 1. The summed E-state index contributed by atoms with van der Waals surface area (Å²) in [7, 11) is -1.07. The minimum Gasteiger partial charge on any atom is -0.366 e. The normalized spacial score (nSPS) is 11.9. The molecule has 0 saturated heterocycles. The zero-order valence-corrected chi connectivity index (χ0v) is 13.1. The maximum atomic E-state index is 11.1. The average molecular weight is 292 g/mol. The molecule has 2 aromatic rings. The van der Waals surface area contributed by atoms with Crippen LogP contribution in [0.5, 0.6) is 0 Å². The van der Waals surface area contributed by atoms with E-state index in [2.05, 4.69) is 29.7 Å². The van der Waals surface area contributed by atoms with Crippen LogP contribution < -0.4 is 5.73 Å². The van der Waals surface area contributed by atoms with E-state index in [0.717, 1.165) is 18.0 Å². The molecule has 2 rings (SSSR count). The molecule has 20 heavy (non-hydrogen) atoms. The molecule has 0 saturated carbocycles. The van der Waals surface area contributed by atoms with E-state index in [1.54, 1.807) is 16.9 Å². The van der Waals surface area contributed by atoms with Crippen LogP contribution >= 0.6 is 0 Å². The van der Waals surface area contributed by atoms with Gasteiger partial charge in [-0.05, 0) is 12.1 Å². The van der Waals surface area contributed by atoms with E-state index in [0.29, 0.717) is 17.9 Å². The number of amides is 1. The smallest absolute Gasteiger partial charge is 0.250 e. The van der Waals surface area contributed by atoms with E-state index < -0.39 is 14.0 Å². The molecule has 0 fully saturated rings. The largest absolute Gasteiger partial charge is 0.366 e. The van der Waals surface area contributed by atoms with E-state index in [-0.39, 0.29) is 0 Å². The van der Waals surface area contributed by atoms with E-state index in [1.165, 1.54) is 6.20 Å². The lowest BCUT2D eigenvalue weighted by Crippen LogP contribution is -2.22. The highest BCUT2D eigenvalue weighted by molar-refractivity contribution is 6.76. The maximum absolute atomic E-state index is 11.1. The highest BCUT2D eigenvalue weighted by atomic mass is 28.3. The minimum atomic E-state index is -1.07. The molecule has 1 amide bonds. The number of hydrogen-bond acceptors (Lipinski definition) is 4. The average Bonchev–Trinajstić information content (AvgIpc) is 2.76. The molecule has 108 valence electrons. The van der Waals surface area contributed by atoms with Crippen molar-refractivity contribution in [2.75, 3.05) is 6.61 Å². The van der Waals surface area contributed by atoms with Gasteiger partial charge in [-0.15, -0.1) is 0 Å². The molecular formula is C13H20N4O2Si. The molecule has 0 unspecified atom stereocenters. The predicted octanol–water partition coefficient (Wildman–Crippen LogP) is 1.84. The third kappa shape index (κ3) is 3.64. The fourth-order valence-electron chi connectivity index (χ4n) is 1.73. The van der Waals surface area contributed by atoms with Crippen molar-refractivity contribution in [1.82, 2.24) is 14.8 Å².